The normalized spacial score (nSPS) is 19.8. The van der Waals surface area contributed by atoms with Gasteiger partial charge in [-0.15, -0.1) is 0 Å². The number of rotatable bonds is 5. The molecule has 0 saturated carbocycles. The maximum atomic E-state index is 13.0. The fraction of sp³-hybridized carbons (Fsp3) is 0.391. The van der Waals surface area contributed by atoms with Gasteiger partial charge in [-0.3, -0.25) is 19.6 Å². The highest BCUT2D eigenvalue weighted by molar-refractivity contribution is 5.91. The summed E-state index contributed by atoms with van der Waals surface area (Å²) in [5, 5.41) is 12.0. The highest BCUT2D eigenvalue weighted by atomic mass is 16.5. The number of anilines is 1. The summed E-state index contributed by atoms with van der Waals surface area (Å²) < 4.78 is 6.53. The lowest BCUT2D eigenvalue weighted by atomic mass is 10.0. The molecule has 190 valence electrons. The molecule has 0 bridgehead atoms. The summed E-state index contributed by atoms with van der Waals surface area (Å²) in [6.07, 6.45) is 1.35. The zero-order valence-electron chi connectivity index (χ0n) is 19.6. The van der Waals surface area contributed by atoms with Gasteiger partial charge in [0.1, 0.15) is 24.4 Å². The van der Waals surface area contributed by atoms with Crippen LogP contribution in [-0.2, 0) is 20.7 Å². The van der Waals surface area contributed by atoms with Crippen LogP contribution in [0, 0.1) is 0 Å². The van der Waals surface area contributed by atoms with Crippen molar-refractivity contribution in [3.05, 3.63) is 52.6 Å². The standard InChI is InChI=1S/C23H26N6O7/c1-23(14-36-15-29(23)22(34)35)19(31)26-9-11-27(12-10-26)20(32)24-18-6-8-28(21(33)25-18)17-4-2-16(3-5-17)7-13-30/h2-6,8,13H,7,9-12,14-15H2,1H3,(H,34,35)(H,24,25,32,33). The molecule has 2 N–H and O–H groups in total. The molecule has 2 fully saturated rings. The number of aldehydes is 1. The molecule has 1 aromatic heterocycles. The molecular formula is C23H26N6O7. The number of nitrogens with zero attached hydrogens (tertiary/aromatic N) is 5. The summed E-state index contributed by atoms with van der Waals surface area (Å²) in [4.78, 5) is 68.2. The van der Waals surface area contributed by atoms with Crippen LogP contribution < -0.4 is 11.0 Å². The van der Waals surface area contributed by atoms with Crippen molar-refractivity contribution < 1.29 is 29.0 Å². The van der Waals surface area contributed by atoms with Crippen LogP contribution in [0.1, 0.15) is 12.5 Å². The summed E-state index contributed by atoms with van der Waals surface area (Å²) in [6, 6.07) is 7.93. The van der Waals surface area contributed by atoms with Crippen molar-refractivity contribution >= 4 is 30.1 Å². The van der Waals surface area contributed by atoms with Gasteiger partial charge in [0.05, 0.1) is 12.3 Å². The van der Waals surface area contributed by atoms with Crippen LogP contribution in [-0.4, -0.2) is 98.7 Å². The van der Waals surface area contributed by atoms with Crippen LogP contribution in [0.4, 0.5) is 15.4 Å². The van der Waals surface area contributed by atoms with Crippen molar-refractivity contribution in [2.45, 2.75) is 18.9 Å². The number of urea groups is 1. The Hall–Kier alpha value is -4.26. The number of carboxylic acid groups (broad SMARTS) is 1. The molecular weight excluding hydrogens is 472 g/mol. The largest absolute Gasteiger partial charge is 0.465 e. The quantitative estimate of drug-likeness (QED) is 0.561. The number of carbonyl (C=O) groups excluding carboxylic acids is 3. The molecule has 0 radical (unpaired) electrons. The average molecular weight is 498 g/mol. The molecule has 1 atom stereocenters. The van der Waals surface area contributed by atoms with Crippen LogP contribution in [0.3, 0.4) is 0 Å². The molecule has 1 unspecified atom stereocenters. The monoisotopic (exact) mass is 498 g/mol. The minimum atomic E-state index is -1.31. The molecule has 0 spiro atoms. The second kappa shape index (κ2) is 10.2. The number of hydrogen-bond acceptors (Lipinski definition) is 7. The Bertz CT molecular complexity index is 1220. The molecule has 3 heterocycles. The van der Waals surface area contributed by atoms with E-state index in [1.807, 2.05) is 0 Å². The van der Waals surface area contributed by atoms with Crippen molar-refractivity contribution in [3.63, 3.8) is 0 Å². The third-order valence-electron chi connectivity index (χ3n) is 6.32. The average Bonchev–Trinajstić information content (AvgIpc) is 3.27. The van der Waals surface area contributed by atoms with Crippen LogP contribution >= 0.6 is 0 Å². The summed E-state index contributed by atoms with van der Waals surface area (Å²) in [5.41, 5.74) is -0.491. The Balaban J connectivity index is 1.35. The molecule has 4 rings (SSSR count). The van der Waals surface area contributed by atoms with Crippen LogP contribution in [0.25, 0.3) is 5.69 Å². The summed E-state index contributed by atoms with van der Waals surface area (Å²) in [6.45, 7) is 2.24. The third-order valence-corrected chi connectivity index (χ3v) is 6.32. The minimum Gasteiger partial charge on any atom is -0.465 e. The molecule has 0 aliphatic carbocycles. The van der Waals surface area contributed by atoms with Gasteiger partial charge in [-0.2, -0.15) is 4.98 Å². The van der Waals surface area contributed by atoms with Crippen molar-refractivity contribution in [2.24, 2.45) is 0 Å². The Morgan fingerprint density at radius 2 is 1.78 bits per heavy atom. The number of carbonyl (C=O) groups is 4. The number of benzene rings is 1. The summed E-state index contributed by atoms with van der Waals surface area (Å²) in [7, 11) is 0. The van der Waals surface area contributed by atoms with E-state index in [2.05, 4.69) is 10.3 Å². The van der Waals surface area contributed by atoms with E-state index in [1.54, 1.807) is 24.3 Å². The first-order chi connectivity index (χ1) is 17.2. The maximum Gasteiger partial charge on any atom is 0.410 e. The second-order valence-corrected chi connectivity index (χ2v) is 8.67. The first-order valence-electron chi connectivity index (χ1n) is 11.3. The van der Waals surface area contributed by atoms with Gasteiger partial charge in [0.25, 0.3) is 5.91 Å². The topological polar surface area (TPSA) is 154 Å². The maximum absolute atomic E-state index is 13.0. The molecule has 1 aromatic carbocycles. The third kappa shape index (κ3) is 4.91. The van der Waals surface area contributed by atoms with Gasteiger partial charge in [0.15, 0.2) is 0 Å². The van der Waals surface area contributed by atoms with Crippen molar-refractivity contribution in [1.29, 1.82) is 0 Å². The number of nitrogens with one attached hydrogen (secondary N) is 1. The Morgan fingerprint density at radius 1 is 1.11 bits per heavy atom. The van der Waals surface area contributed by atoms with Gasteiger partial charge in [-0.25, -0.2) is 14.4 Å². The molecule has 36 heavy (non-hydrogen) atoms. The Labute approximate surface area is 205 Å². The summed E-state index contributed by atoms with van der Waals surface area (Å²) >= 11 is 0. The highest BCUT2D eigenvalue weighted by Crippen LogP contribution is 2.25. The lowest BCUT2D eigenvalue weighted by molar-refractivity contribution is -0.142. The van der Waals surface area contributed by atoms with Gasteiger partial charge in [-0.05, 0) is 30.7 Å². The van der Waals surface area contributed by atoms with E-state index in [4.69, 9.17) is 4.74 Å². The van der Waals surface area contributed by atoms with Crippen molar-refractivity contribution in [3.8, 4) is 5.69 Å². The molecule has 2 aliphatic heterocycles. The SMILES string of the molecule is CC1(C(=O)N2CCN(C(=O)Nc3ccn(-c4ccc(CC=O)cc4)c(=O)n3)CC2)COCN1C(=O)O. The van der Waals surface area contributed by atoms with Crippen LogP contribution in [0.15, 0.2) is 41.3 Å². The van der Waals surface area contributed by atoms with Gasteiger partial charge >= 0.3 is 17.8 Å². The lowest BCUT2D eigenvalue weighted by Gasteiger charge is -2.39. The predicted molar refractivity (Wildman–Crippen MR) is 126 cm³/mol. The van der Waals surface area contributed by atoms with Gasteiger partial charge < -0.3 is 24.4 Å². The van der Waals surface area contributed by atoms with E-state index in [1.165, 1.54) is 33.6 Å². The smallest absolute Gasteiger partial charge is 0.410 e. The number of ether oxygens (including phenoxy) is 1. The van der Waals surface area contributed by atoms with Gasteiger partial charge in [-0.1, -0.05) is 12.1 Å². The van der Waals surface area contributed by atoms with Crippen LogP contribution in [0.2, 0.25) is 0 Å². The van der Waals surface area contributed by atoms with E-state index in [0.29, 0.717) is 5.69 Å². The predicted octanol–water partition coefficient (Wildman–Crippen LogP) is 0.376. The molecule has 13 heteroatoms. The lowest BCUT2D eigenvalue weighted by Crippen LogP contribution is -2.61. The second-order valence-electron chi connectivity index (χ2n) is 8.67. The molecule has 4 amide bonds. The Morgan fingerprint density at radius 3 is 2.39 bits per heavy atom. The molecule has 2 saturated heterocycles. The number of aromatic nitrogens is 2. The van der Waals surface area contributed by atoms with E-state index in [-0.39, 0.29) is 57.7 Å². The number of amides is 4. The van der Waals surface area contributed by atoms with Gasteiger partial charge in [0.2, 0.25) is 0 Å². The van der Waals surface area contributed by atoms with Crippen molar-refractivity contribution in [1.82, 2.24) is 24.3 Å². The van der Waals surface area contributed by atoms with Crippen molar-refractivity contribution in [2.75, 3.05) is 44.8 Å². The number of piperazine rings is 1. The fourth-order valence-corrected chi connectivity index (χ4v) is 4.20. The zero-order valence-corrected chi connectivity index (χ0v) is 19.6. The zero-order chi connectivity index (χ0) is 25.9. The highest BCUT2D eigenvalue weighted by Gasteiger charge is 2.49. The molecule has 2 aromatic rings. The summed E-state index contributed by atoms with van der Waals surface area (Å²) in [5.74, 6) is -0.281. The van der Waals surface area contributed by atoms with E-state index in [0.717, 1.165) is 16.7 Å². The fourth-order valence-electron chi connectivity index (χ4n) is 4.20. The first kappa shape index (κ1) is 24.9. The van der Waals surface area contributed by atoms with Gasteiger partial charge in [0, 0.05) is 38.8 Å². The van der Waals surface area contributed by atoms with E-state index in [9.17, 15) is 29.1 Å². The molecule has 13 nitrogen and oxygen atoms in total. The van der Waals surface area contributed by atoms with E-state index >= 15 is 0 Å². The van der Waals surface area contributed by atoms with Crippen LogP contribution in [0.5, 0.6) is 0 Å². The van der Waals surface area contributed by atoms with E-state index < -0.39 is 23.4 Å². The first-order valence-corrected chi connectivity index (χ1v) is 11.3. The molecule has 2 aliphatic rings. The minimum absolute atomic E-state index is 0.0288. The number of hydrogen-bond donors (Lipinski definition) is 2. The Kier molecular flexibility index (Phi) is 7.01.